The molecule has 1 saturated heterocycles. The van der Waals surface area contributed by atoms with Gasteiger partial charge in [0.25, 0.3) is 5.91 Å². The van der Waals surface area contributed by atoms with Crippen molar-refractivity contribution in [1.29, 1.82) is 0 Å². The van der Waals surface area contributed by atoms with Crippen LogP contribution in [-0.2, 0) is 13.5 Å². The van der Waals surface area contributed by atoms with Gasteiger partial charge >= 0.3 is 0 Å². The summed E-state index contributed by atoms with van der Waals surface area (Å²) < 4.78 is 4.35. The molecule has 3 heterocycles. The summed E-state index contributed by atoms with van der Waals surface area (Å²) in [5.41, 5.74) is 3.61. The molecule has 7 nitrogen and oxygen atoms in total. The molecule has 0 saturated carbocycles. The Balaban J connectivity index is 1.42. The first-order valence-electron chi connectivity index (χ1n) is 10.4. The molecule has 154 valence electrons. The average Bonchev–Trinajstić information content (AvgIpc) is 3.19. The lowest BCUT2D eigenvalue weighted by molar-refractivity contribution is 0.0948. The number of carbonyl (C=O) groups excluding carboxylic acids is 1. The minimum Gasteiger partial charge on any atom is -0.350 e. The fourth-order valence-corrected chi connectivity index (χ4v) is 4.45. The van der Waals surface area contributed by atoms with Crippen LogP contribution in [0.5, 0.6) is 0 Å². The number of aryl methyl sites for hydroxylation is 2. The van der Waals surface area contributed by atoms with E-state index in [1.807, 2.05) is 39.1 Å². The second kappa shape index (κ2) is 7.99. The Morgan fingerprint density at radius 2 is 1.86 bits per heavy atom. The smallest absolute Gasteiger partial charge is 0.271 e. The molecule has 0 bridgehead atoms. The number of rotatable bonds is 5. The molecule has 1 aliphatic rings. The van der Waals surface area contributed by atoms with Crippen LogP contribution in [0.4, 0.5) is 0 Å². The second-order valence-corrected chi connectivity index (χ2v) is 8.08. The van der Waals surface area contributed by atoms with Crippen molar-refractivity contribution in [2.45, 2.75) is 39.2 Å². The van der Waals surface area contributed by atoms with Crippen LogP contribution in [0, 0.1) is 13.8 Å². The molecular weight excluding hydrogens is 364 g/mol. The van der Waals surface area contributed by atoms with Gasteiger partial charge in [-0.25, -0.2) is 9.97 Å². The van der Waals surface area contributed by atoms with E-state index in [0.29, 0.717) is 24.7 Å². The number of imidazole rings is 2. The third-order valence-corrected chi connectivity index (χ3v) is 6.11. The Hall–Kier alpha value is -2.67. The van der Waals surface area contributed by atoms with E-state index in [1.165, 1.54) is 0 Å². The van der Waals surface area contributed by atoms with Gasteiger partial charge in [0, 0.05) is 31.7 Å². The van der Waals surface area contributed by atoms with Crippen molar-refractivity contribution >= 4 is 16.9 Å². The SMILES string of the molecule is Cc1nc(C(=O)NCCc2nc3ccccc3n2C)c(C)n1C1CCN(C)CC1. The lowest BCUT2D eigenvalue weighted by atomic mass is 10.0. The zero-order chi connectivity index (χ0) is 20.5. The molecule has 0 atom stereocenters. The van der Waals surface area contributed by atoms with Gasteiger partial charge in [0.05, 0.1) is 11.0 Å². The van der Waals surface area contributed by atoms with Gasteiger partial charge < -0.3 is 19.4 Å². The molecule has 0 aliphatic carbocycles. The van der Waals surface area contributed by atoms with Crippen molar-refractivity contribution in [2.24, 2.45) is 7.05 Å². The Morgan fingerprint density at radius 1 is 1.14 bits per heavy atom. The minimum atomic E-state index is -0.101. The van der Waals surface area contributed by atoms with E-state index < -0.39 is 0 Å². The number of likely N-dealkylation sites (tertiary alicyclic amines) is 1. The number of carbonyl (C=O) groups is 1. The fraction of sp³-hybridized carbons (Fsp3) is 0.500. The van der Waals surface area contributed by atoms with E-state index in [0.717, 1.165) is 54.3 Å². The number of hydrogen-bond acceptors (Lipinski definition) is 4. The van der Waals surface area contributed by atoms with Crippen LogP contribution in [0.2, 0.25) is 0 Å². The normalized spacial score (nSPS) is 15.9. The molecule has 3 aromatic rings. The van der Waals surface area contributed by atoms with Gasteiger partial charge in [-0.15, -0.1) is 0 Å². The summed E-state index contributed by atoms with van der Waals surface area (Å²) in [6.07, 6.45) is 2.88. The average molecular weight is 395 g/mol. The van der Waals surface area contributed by atoms with E-state index in [4.69, 9.17) is 0 Å². The van der Waals surface area contributed by atoms with Crippen molar-refractivity contribution in [2.75, 3.05) is 26.7 Å². The van der Waals surface area contributed by atoms with Crippen LogP contribution in [0.1, 0.15) is 46.7 Å². The Morgan fingerprint density at radius 3 is 2.59 bits per heavy atom. The first-order valence-corrected chi connectivity index (χ1v) is 10.4. The molecule has 4 rings (SSSR count). The number of benzene rings is 1. The molecule has 1 fully saturated rings. The monoisotopic (exact) mass is 394 g/mol. The molecular formula is C22H30N6O. The summed E-state index contributed by atoms with van der Waals surface area (Å²) in [4.78, 5) is 24.4. The fourth-order valence-electron chi connectivity index (χ4n) is 4.45. The maximum Gasteiger partial charge on any atom is 0.271 e. The predicted octanol–water partition coefficient (Wildman–Crippen LogP) is 2.63. The van der Waals surface area contributed by atoms with Crippen molar-refractivity contribution in [1.82, 2.24) is 29.3 Å². The zero-order valence-corrected chi connectivity index (χ0v) is 17.8. The van der Waals surface area contributed by atoms with Gasteiger partial charge in [-0.05, 0) is 59.0 Å². The summed E-state index contributed by atoms with van der Waals surface area (Å²) >= 11 is 0. The van der Waals surface area contributed by atoms with Crippen LogP contribution in [0.3, 0.4) is 0 Å². The van der Waals surface area contributed by atoms with Crippen molar-refractivity contribution < 1.29 is 4.79 Å². The second-order valence-electron chi connectivity index (χ2n) is 8.08. The number of nitrogens with zero attached hydrogens (tertiary/aromatic N) is 5. The van der Waals surface area contributed by atoms with Gasteiger partial charge in [0.1, 0.15) is 17.3 Å². The predicted molar refractivity (Wildman–Crippen MR) is 114 cm³/mol. The molecule has 1 amide bonds. The van der Waals surface area contributed by atoms with Crippen molar-refractivity contribution in [3.05, 3.63) is 47.3 Å². The molecule has 29 heavy (non-hydrogen) atoms. The topological polar surface area (TPSA) is 68.0 Å². The maximum absolute atomic E-state index is 12.8. The molecule has 1 aliphatic heterocycles. The van der Waals surface area contributed by atoms with Gasteiger partial charge in [-0.3, -0.25) is 4.79 Å². The van der Waals surface area contributed by atoms with E-state index in [2.05, 4.69) is 42.4 Å². The summed E-state index contributed by atoms with van der Waals surface area (Å²) in [5.74, 6) is 1.80. The van der Waals surface area contributed by atoms with Crippen molar-refractivity contribution in [3.63, 3.8) is 0 Å². The highest BCUT2D eigenvalue weighted by molar-refractivity contribution is 5.93. The number of amides is 1. The van der Waals surface area contributed by atoms with Crippen LogP contribution in [0.25, 0.3) is 11.0 Å². The number of hydrogen-bond donors (Lipinski definition) is 1. The first kappa shape index (κ1) is 19.6. The molecule has 0 unspecified atom stereocenters. The number of fused-ring (bicyclic) bond motifs is 1. The molecule has 7 heteroatoms. The quantitative estimate of drug-likeness (QED) is 0.722. The highest BCUT2D eigenvalue weighted by atomic mass is 16.1. The molecule has 0 spiro atoms. The van der Waals surface area contributed by atoms with Gasteiger partial charge in [-0.1, -0.05) is 12.1 Å². The van der Waals surface area contributed by atoms with E-state index in [-0.39, 0.29) is 5.91 Å². The largest absolute Gasteiger partial charge is 0.350 e. The molecule has 1 aromatic carbocycles. The van der Waals surface area contributed by atoms with E-state index >= 15 is 0 Å². The third-order valence-electron chi connectivity index (χ3n) is 6.11. The first-order chi connectivity index (χ1) is 14.0. The molecule has 1 N–H and O–H groups in total. The minimum absolute atomic E-state index is 0.101. The lowest BCUT2D eigenvalue weighted by Gasteiger charge is -2.31. The van der Waals surface area contributed by atoms with Crippen LogP contribution in [0.15, 0.2) is 24.3 Å². The standard InChI is InChI=1S/C22H30N6O/c1-15-21(24-16(2)28(15)17-10-13-26(3)14-11-17)22(29)23-12-9-20-25-18-7-5-6-8-19(18)27(20)4/h5-8,17H,9-14H2,1-4H3,(H,23,29). The Labute approximate surface area is 171 Å². The lowest BCUT2D eigenvalue weighted by Crippen LogP contribution is -2.32. The van der Waals surface area contributed by atoms with Crippen LogP contribution < -0.4 is 5.32 Å². The number of para-hydroxylation sites is 2. The number of piperidine rings is 1. The van der Waals surface area contributed by atoms with Crippen molar-refractivity contribution in [3.8, 4) is 0 Å². The highest BCUT2D eigenvalue weighted by Crippen LogP contribution is 2.26. The maximum atomic E-state index is 12.8. The number of aromatic nitrogens is 4. The van der Waals surface area contributed by atoms with Gasteiger partial charge in [-0.2, -0.15) is 0 Å². The van der Waals surface area contributed by atoms with E-state index in [9.17, 15) is 4.79 Å². The summed E-state index contributed by atoms with van der Waals surface area (Å²) in [6.45, 7) is 6.72. The van der Waals surface area contributed by atoms with Gasteiger partial charge in [0.2, 0.25) is 0 Å². The van der Waals surface area contributed by atoms with Crippen LogP contribution >= 0.6 is 0 Å². The molecule has 0 radical (unpaired) electrons. The highest BCUT2D eigenvalue weighted by Gasteiger charge is 2.25. The third kappa shape index (κ3) is 3.79. The van der Waals surface area contributed by atoms with Gasteiger partial charge in [0.15, 0.2) is 0 Å². The van der Waals surface area contributed by atoms with E-state index in [1.54, 1.807) is 0 Å². The van der Waals surface area contributed by atoms with Crippen LogP contribution in [-0.4, -0.2) is 56.6 Å². The Kier molecular flexibility index (Phi) is 5.41. The zero-order valence-electron chi connectivity index (χ0n) is 17.8. The molecule has 2 aromatic heterocycles. The summed E-state index contributed by atoms with van der Waals surface area (Å²) in [7, 11) is 4.18. The Bertz CT molecular complexity index is 1030. The summed E-state index contributed by atoms with van der Waals surface area (Å²) in [5, 5.41) is 3.03. The number of nitrogens with one attached hydrogen (secondary N) is 1. The summed E-state index contributed by atoms with van der Waals surface area (Å²) in [6, 6.07) is 8.51.